The number of oxazole rings is 1. The molecule has 0 bridgehead atoms. The Morgan fingerprint density at radius 2 is 2.09 bits per heavy atom. The van der Waals surface area contributed by atoms with E-state index >= 15 is 0 Å². The van der Waals surface area contributed by atoms with Crippen LogP contribution in [0.2, 0.25) is 0 Å². The number of hydrogen-bond donors (Lipinski definition) is 1. The number of benzene rings is 1. The molecule has 0 saturated heterocycles. The Morgan fingerprint density at radius 3 is 2.77 bits per heavy atom. The third-order valence-electron chi connectivity index (χ3n) is 4.47. The lowest BCUT2D eigenvalue weighted by Gasteiger charge is -2.05. The van der Waals surface area contributed by atoms with Crippen LogP contribution in [0.5, 0.6) is 0 Å². The molecule has 2 aromatic rings. The van der Waals surface area contributed by atoms with Crippen molar-refractivity contribution in [3.63, 3.8) is 0 Å². The Bertz CT molecular complexity index is 766. The normalized spacial score (nSPS) is 22.4. The van der Waals surface area contributed by atoms with Gasteiger partial charge in [0.1, 0.15) is 5.52 Å². The summed E-state index contributed by atoms with van der Waals surface area (Å²) in [5, 5.41) is 3.01. The smallest absolute Gasteiger partial charge is 0.228 e. The van der Waals surface area contributed by atoms with E-state index in [-0.39, 0.29) is 17.2 Å². The van der Waals surface area contributed by atoms with Crippen molar-refractivity contribution in [3.05, 3.63) is 35.7 Å². The first-order valence-corrected chi connectivity index (χ1v) is 7.62. The first kappa shape index (κ1) is 14.8. The van der Waals surface area contributed by atoms with E-state index in [4.69, 9.17) is 4.42 Å². The second-order valence-corrected chi connectivity index (χ2v) is 6.97. The largest absolute Gasteiger partial charge is 0.441 e. The summed E-state index contributed by atoms with van der Waals surface area (Å²) in [6.45, 7) is 10.3. The number of nitrogens with one attached hydrogen (secondary N) is 1. The Hall–Kier alpha value is -2.10. The summed E-state index contributed by atoms with van der Waals surface area (Å²) in [4.78, 5) is 16.8. The number of rotatable bonds is 3. The van der Waals surface area contributed by atoms with Crippen LogP contribution in [0.15, 0.2) is 34.3 Å². The molecule has 2 unspecified atom stereocenters. The van der Waals surface area contributed by atoms with Crippen molar-refractivity contribution in [2.45, 2.75) is 34.6 Å². The van der Waals surface area contributed by atoms with Crippen molar-refractivity contribution in [1.29, 1.82) is 0 Å². The van der Waals surface area contributed by atoms with Crippen LogP contribution in [0.3, 0.4) is 0 Å². The Morgan fingerprint density at radius 1 is 1.36 bits per heavy atom. The number of allylic oxidation sites excluding steroid dienone is 2. The summed E-state index contributed by atoms with van der Waals surface area (Å²) in [6.07, 6.45) is 2.20. The van der Waals surface area contributed by atoms with Crippen LogP contribution in [0.25, 0.3) is 11.1 Å². The number of nitrogens with zero attached hydrogens (tertiary/aromatic N) is 1. The molecule has 1 heterocycles. The molecule has 0 spiro atoms. The average Bonchev–Trinajstić information content (AvgIpc) is 2.75. The standard InChI is InChI=1S/C18H22N2O2/c1-10(2)8-13-16(18(13,4)5)17(21)20-12-6-7-15-14(9-12)19-11(3)22-15/h6-9,13,16H,1-5H3,(H,20,21). The Balaban J connectivity index is 1.77. The van der Waals surface area contributed by atoms with Crippen molar-refractivity contribution in [2.24, 2.45) is 17.3 Å². The number of anilines is 1. The van der Waals surface area contributed by atoms with Crippen LogP contribution >= 0.6 is 0 Å². The van der Waals surface area contributed by atoms with Gasteiger partial charge in [0.2, 0.25) is 5.91 Å². The molecule has 0 aliphatic heterocycles. The van der Waals surface area contributed by atoms with Crippen LogP contribution in [0, 0.1) is 24.2 Å². The predicted octanol–water partition coefficient (Wildman–Crippen LogP) is 4.31. The van der Waals surface area contributed by atoms with Gasteiger partial charge in [-0.25, -0.2) is 4.98 Å². The lowest BCUT2D eigenvalue weighted by atomic mass is 10.1. The highest BCUT2D eigenvalue weighted by atomic mass is 16.3. The first-order chi connectivity index (χ1) is 10.3. The molecule has 2 atom stereocenters. The van der Waals surface area contributed by atoms with Gasteiger partial charge in [-0.05, 0) is 43.4 Å². The number of hydrogen-bond acceptors (Lipinski definition) is 3. The third kappa shape index (κ3) is 2.54. The van der Waals surface area contributed by atoms with Crippen LogP contribution in [-0.4, -0.2) is 10.9 Å². The summed E-state index contributed by atoms with van der Waals surface area (Å²) in [5.74, 6) is 1.05. The SMILES string of the molecule is CC(C)=CC1C(C(=O)Nc2ccc3oc(C)nc3c2)C1(C)C. The zero-order valence-corrected chi connectivity index (χ0v) is 13.7. The highest BCUT2D eigenvalue weighted by molar-refractivity contribution is 5.97. The predicted molar refractivity (Wildman–Crippen MR) is 87.6 cm³/mol. The van der Waals surface area contributed by atoms with Gasteiger partial charge in [-0.2, -0.15) is 0 Å². The zero-order chi connectivity index (χ0) is 16.1. The molecule has 4 nitrogen and oxygen atoms in total. The Kier molecular flexibility index (Phi) is 3.35. The van der Waals surface area contributed by atoms with E-state index < -0.39 is 0 Å². The molecule has 0 radical (unpaired) electrons. The van der Waals surface area contributed by atoms with Crippen molar-refractivity contribution >= 4 is 22.7 Å². The maximum Gasteiger partial charge on any atom is 0.228 e. The minimum atomic E-state index is 0.0237. The summed E-state index contributed by atoms with van der Waals surface area (Å²) in [7, 11) is 0. The van der Waals surface area contributed by atoms with Gasteiger partial charge >= 0.3 is 0 Å². The number of carbonyl (C=O) groups is 1. The van der Waals surface area contributed by atoms with Gasteiger partial charge in [-0.3, -0.25) is 4.79 Å². The molecule has 1 N–H and O–H groups in total. The second kappa shape index (κ2) is 4.97. The molecule has 22 heavy (non-hydrogen) atoms. The van der Waals surface area contributed by atoms with Crippen LogP contribution in [-0.2, 0) is 4.79 Å². The summed E-state index contributed by atoms with van der Waals surface area (Å²) in [5.41, 5.74) is 3.56. The van der Waals surface area contributed by atoms with Gasteiger partial charge in [0, 0.05) is 12.6 Å². The molecule has 1 saturated carbocycles. The van der Waals surface area contributed by atoms with Crippen molar-refractivity contribution in [1.82, 2.24) is 4.98 Å². The summed E-state index contributed by atoms with van der Waals surface area (Å²) < 4.78 is 5.45. The van der Waals surface area contributed by atoms with Gasteiger partial charge < -0.3 is 9.73 Å². The minimum absolute atomic E-state index is 0.0237. The lowest BCUT2D eigenvalue weighted by molar-refractivity contribution is -0.118. The molecule has 1 aliphatic carbocycles. The second-order valence-electron chi connectivity index (χ2n) is 6.97. The highest BCUT2D eigenvalue weighted by Crippen LogP contribution is 2.59. The molecule has 3 rings (SSSR count). The van der Waals surface area contributed by atoms with E-state index in [1.165, 1.54) is 5.57 Å². The number of aromatic nitrogens is 1. The molecule has 4 heteroatoms. The van der Waals surface area contributed by atoms with Gasteiger partial charge in [-0.1, -0.05) is 25.5 Å². The summed E-state index contributed by atoms with van der Waals surface area (Å²) >= 11 is 0. The first-order valence-electron chi connectivity index (χ1n) is 7.62. The van der Waals surface area contributed by atoms with E-state index in [1.807, 2.05) is 25.1 Å². The quantitative estimate of drug-likeness (QED) is 0.859. The monoisotopic (exact) mass is 298 g/mol. The molecule has 1 aliphatic rings. The van der Waals surface area contributed by atoms with Crippen LogP contribution < -0.4 is 5.32 Å². The number of amides is 1. The lowest BCUT2D eigenvalue weighted by Crippen LogP contribution is -2.16. The van der Waals surface area contributed by atoms with Crippen molar-refractivity contribution in [2.75, 3.05) is 5.32 Å². The van der Waals surface area contributed by atoms with Crippen LogP contribution in [0.1, 0.15) is 33.6 Å². The Labute approximate surface area is 130 Å². The molecular formula is C18H22N2O2. The topological polar surface area (TPSA) is 55.1 Å². The van der Waals surface area contributed by atoms with Gasteiger partial charge in [0.15, 0.2) is 11.5 Å². The molecule has 116 valence electrons. The molecule has 1 amide bonds. The fourth-order valence-electron chi connectivity index (χ4n) is 3.19. The fourth-order valence-corrected chi connectivity index (χ4v) is 3.19. The highest BCUT2D eigenvalue weighted by Gasteiger charge is 2.60. The molecule has 1 aromatic carbocycles. The summed E-state index contributed by atoms with van der Waals surface area (Å²) in [6, 6.07) is 5.56. The van der Waals surface area contributed by atoms with Gasteiger partial charge in [0.05, 0.1) is 5.92 Å². The number of fused-ring (bicyclic) bond motifs is 1. The van der Waals surface area contributed by atoms with Crippen LogP contribution in [0.4, 0.5) is 5.69 Å². The van der Waals surface area contributed by atoms with E-state index in [2.05, 4.69) is 44.1 Å². The van der Waals surface area contributed by atoms with Crippen molar-refractivity contribution in [3.8, 4) is 0 Å². The van der Waals surface area contributed by atoms with E-state index in [0.717, 1.165) is 16.8 Å². The van der Waals surface area contributed by atoms with E-state index in [0.29, 0.717) is 11.8 Å². The maximum atomic E-state index is 12.5. The van der Waals surface area contributed by atoms with Crippen molar-refractivity contribution < 1.29 is 9.21 Å². The third-order valence-corrected chi connectivity index (χ3v) is 4.47. The van der Waals surface area contributed by atoms with E-state index in [1.54, 1.807) is 0 Å². The minimum Gasteiger partial charge on any atom is -0.441 e. The average molecular weight is 298 g/mol. The zero-order valence-electron chi connectivity index (χ0n) is 13.7. The molecular weight excluding hydrogens is 276 g/mol. The number of carbonyl (C=O) groups excluding carboxylic acids is 1. The fraction of sp³-hybridized carbons (Fsp3) is 0.444. The van der Waals surface area contributed by atoms with Gasteiger partial charge in [-0.15, -0.1) is 0 Å². The number of aryl methyl sites for hydroxylation is 1. The molecule has 1 aromatic heterocycles. The molecule has 1 fully saturated rings. The van der Waals surface area contributed by atoms with E-state index in [9.17, 15) is 4.79 Å². The van der Waals surface area contributed by atoms with Gasteiger partial charge in [0.25, 0.3) is 0 Å². The maximum absolute atomic E-state index is 12.5.